The molecular formula is C14H16N2S. The SMILES string of the molecule is CC(N)C(Sc1ccccc1)c1ccncc1. The van der Waals surface area contributed by atoms with Gasteiger partial charge in [-0.25, -0.2) is 0 Å². The lowest BCUT2D eigenvalue weighted by atomic mass is 10.1. The van der Waals surface area contributed by atoms with Gasteiger partial charge in [-0.3, -0.25) is 4.98 Å². The quantitative estimate of drug-likeness (QED) is 0.839. The maximum absolute atomic E-state index is 6.08. The molecular weight excluding hydrogens is 228 g/mol. The summed E-state index contributed by atoms with van der Waals surface area (Å²) in [6.45, 7) is 2.04. The molecule has 2 atom stereocenters. The van der Waals surface area contributed by atoms with Gasteiger partial charge in [-0.2, -0.15) is 0 Å². The fraction of sp³-hybridized carbons (Fsp3) is 0.214. The summed E-state index contributed by atoms with van der Waals surface area (Å²) in [7, 11) is 0. The van der Waals surface area contributed by atoms with Gasteiger partial charge in [0, 0.05) is 28.6 Å². The minimum atomic E-state index is 0.0996. The minimum Gasteiger partial charge on any atom is -0.327 e. The zero-order valence-electron chi connectivity index (χ0n) is 9.78. The molecule has 0 saturated carbocycles. The minimum absolute atomic E-state index is 0.0996. The molecule has 0 aliphatic heterocycles. The molecule has 2 nitrogen and oxygen atoms in total. The fourth-order valence-electron chi connectivity index (χ4n) is 1.68. The number of nitrogens with zero attached hydrogens (tertiary/aromatic N) is 1. The predicted octanol–water partition coefficient (Wildman–Crippen LogP) is 3.26. The molecule has 0 spiro atoms. The zero-order chi connectivity index (χ0) is 12.1. The maximum atomic E-state index is 6.08. The summed E-state index contributed by atoms with van der Waals surface area (Å²) < 4.78 is 0. The number of thioether (sulfide) groups is 1. The Bertz CT molecular complexity index is 442. The van der Waals surface area contributed by atoms with Gasteiger partial charge in [0.2, 0.25) is 0 Å². The Labute approximate surface area is 106 Å². The Morgan fingerprint density at radius 1 is 1.06 bits per heavy atom. The molecule has 2 N–H and O–H groups in total. The Morgan fingerprint density at radius 2 is 1.71 bits per heavy atom. The van der Waals surface area contributed by atoms with Crippen molar-refractivity contribution in [2.24, 2.45) is 5.73 Å². The molecule has 1 aromatic heterocycles. The van der Waals surface area contributed by atoms with Gasteiger partial charge in [0.05, 0.1) is 0 Å². The first kappa shape index (κ1) is 12.1. The van der Waals surface area contributed by atoms with Crippen LogP contribution in [0.1, 0.15) is 17.7 Å². The molecule has 3 heteroatoms. The standard InChI is InChI=1S/C14H16N2S/c1-11(15)14(12-7-9-16-10-8-12)17-13-5-3-2-4-6-13/h2-11,14H,15H2,1H3. The van der Waals surface area contributed by atoms with Crippen LogP contribution in [0, 0.1) is 0 Å². The number of hydrogen-bond acceptors (Lipinski definition) is 3. The van der Waals surface area contributed by atoms with Crippen molar-refractivity contribution in [3.05, 3.63) is 60.4 Å². The number of hydrogen-bond donors (Lipinski definition) is 1. The highest BCUT2D eigenvalue weighted by Gasteiger charge is 2.17. The monoisotopic (exact) mass is 244 g/mol. The van der Waals surface area contributed by atoms with Gasteiger partial charge in [0.15, 0.2) is 0 Å². The molecule has 0 saturated heterocycles. The van der Waals surface area contributed by atoms with E-state index in [1.54, 1.807) is 11.8 Å². The van der Waals surface area contributed by atoms with Crippen molar-refractivity contribution in [3.63, 3.8) is 0 Å². The summed E-state index contributed by atoms with van der Waals surface area (Å²) in [6.07, 6.45) is 3.63. The summed E-state index contributed by atoms with van der Waals surface area (Å²) in [5, 5.41) is 0.264. The molecule has 2 rings (SSSR count). The van der Waals surface area contributed by atoms with E-state index in [0.717, 1.165) is 0 Å². The van der Waals surface area contributed by atoms with Crippen molar-refractivity contribution in [2.75, 3.05) is 0 Å². The van der Waals surface area contributed by atoms with E-state index in [1.807, 2.05) is 49.6 Å². The Balaban J connectivity index is 2.20. The van der Waals surface area contributed by atoms with Crippen LogP contribution in [-0.4, -0.2) is 11.0 Å². The first-order valence-corrected chi connectivity index (χ1v) is 6.52. The van der Waals surface area contributed by atoms with E-state index >= 15 is 0 Å². The lowest BCUT2D eigenvalue weighted by molar-refractivity contribution is 0.720. The molecule has 0 aliphatic carbocycles. The molecule has 0 amide bonds. The van der Waals surface area contributed by atoms with Crippen LogP contribution in [0.2, 0.25) is 0 Å². The van der Waals surface area contributed by atoms with Crippen molar-refractivity contribution in [2.45, 2.75) is 23.1 Å². The fourth-order valence-corrected chi connectivity index (χ4v) is 2.79. The van der Waals surface area contributed by atoms with Crippen LogP contribution in [0.25, 0.3) is 0 Å². The third-order valence-electron chi connectivity index (χ3n) is 2.52. The van der Waals surface area contributed by atoms with Crippen molar-refractivity contribution in [1.29, 1.82) is 0 Å². The van der Waals surface area contributed by atoms with Crippen molar-refractivity contribution in [1.82, 2.24) is 4.98 Å². The predicted molar refractivity (Wildman–Crippen MR) is 72.9 cm³/mol. The number of aromatic nitrogens is 1. The second-order valence-corrected chi connectivity index (χ2v) is 5.21. The average molecular weight is 244 g/mol. The van der Waals surface area contributed by atoms with E-state index in [0.29, 0.717) is 0 Å². The molecule has 88 valence electrons. The van der Waals surface area contributed by atoms with Crippen LogP contribution in [0.15, 0.2) is 59.8 Å². The molecule has 2 aromatic rings. The Kier molecular flexibility index (Phi) is 4.18. The third kappa shape index (κ3) is 3.32. The van der Waals surface area contributed by atoms with Crippen LogP contribution >= 0.6 is 11.8 Å². The van der Waals surface area contributed by atoms with Gasteiger partial charge in [0.25, 0.3) is 0 Å². The largest absolute Gasteiger partial charge is 0.327 e. The summed E-state index contributed by atoms with van der Waals surface area (Å²) in [5.41, 5.74) is 7.30. The summed E-state index contributed by atoms with van der Waals surface area (Å²) in [6, 6.07) is 14.5. The maximum Gasteiger partial charge on any atom is 0.0493 e. The van der Waals surface area contributed by atoms with Gasteiger partial charge in [-0.15, -0.1) is 11.8 Å². The van der Waals surface area contributed by atoms with Gasteiger partial charge < -0.3 is 5.73 Å². The van der Waals surface area contributed by atoms with E-state index in [1.165, 1.54) is 10.5 Å². The van der Waals surface area contributed by atoms with E-state index in [9.17, 15) is 0 Å². The van der Waals surface area contributed by atoms with Crippen molar-refractivity contribution in [3.8, 4) is 0 Å². The zero-order valence-corrected chi connectivity index (χ0v) is 10.6. The highest BCUT2D eigenvalue weighted by molar-refractivity contribution is 7.99. The second-order valence-electron chi connectivity index (χ2n) is 3.99. The van der Waals surface area contributed by atoms with Crippen LogP contribution in [-0.2, 0) is 0 Å². The summed E-state index contributed by atoms with van der Waals surface area (Å²) >= 11 is 1.80. The van der Waals surface area contributed by atoms with Gasteiger partial charge in [-0.05, 0) is 36.8 Å². The molecule has 0 aliphatic rings. The Hall–Kier alpha value is -1.32. The van der Waals surface area contributed by atoms with Crippen molar-refractivity contribution >= 4 is 11.8 Å². The highest BCUT2D eigenvalue weighted by atomic mass is 32.2. The second kappa shape index (κ2) is 5.84. The van der Waals surface area contributed by atoms with E-state index < -0.39 is 0 Å². The first-order chi connectivity index (χ1) is 8.27. The van der Waals surface area contributed by atoms with Gasteiger partial charge in [-0.1, -0.05) is 18.2 Å². The smallest absolute Gasteiger partial charge is 0.0493 e. The number of rotatable bonds is 4. The summed E-state index contributed by atoms with van der Waals surface area (Å²) in [5.74, 6) is 0. The van der Waals surface area contributed by atoms with Crippen LogP contribution in [0.4, 0.5) is 0 Å². The lowest BCUT2D eigenvalue weighted by Gasteiger charge is -2.20. The molecule has 0 fully saturated rings. The third-order valence-corrected chi connectivity index (χ3v) is 4.02. The average Bonchev–Trinajstić information content (AvgIpc) is 2.38. The molecule has 1 heterocycles. The first-order valence-electron chi connectivity index (χ1n) is 5.64. The number of pyridine rings is 1. The molecule has 1 aromatic carbocycles. The van der Waals surface area contributed by atoms with E-state index in [4.69, 9.17) is 5.73 Å². The highest BCUT2D eigenvalue weighted by Crippen LogP contribution is 2.36. The lowest BCUT2D eigenvalue weighted by Crippen LogP contribution is -2.22. The Morgan fingerprint density at radius 3 is 2.29 bits per heavy atom. The van der Waals surface area contributed by atoms with Crippen molar-refractivity contribution < 1.29 is 0 Å². The topological polar surface area (TPSA) is 38.9 Å². The number of nitrogens with two attached hydrogens (primary N) is 1. The molecule has 0 bridgehead atoms. The van der Waals surface area contributed by atoms with E-state index in [2.05, 4.69) is 17.1 Å². The van der Waals surface area contributed by atoms with E-state index in [-0.39, 0.29) is 11.3 Å². The molecule has 2 unspecified atom stereocenters. The van der Waals surface area contributed by atoms with Crippen LogP contribution < -0.4 is 5.73 Å². The molecule has 17 heavy (non-hydrogen) atoms. The van der Waals surface area contributed by atoms with Crippen LogP contribution in [0.3, 0.4) is 0 Å². The van der Waals surface area contributed by atoms with Gasteiger partial charge in [0.1, 0.15) is 0 Å². The van der Waals surface area contributed by atoms with Gasteiger partial charge >= 0.3 is 0 Å². The summed E-state index contributed by atoms with van der Waals surface area (Å²) in [4.78, 5) is 5.29. The normalized spacial score (nSPS) is 14.2. The molecule has 0 radical (unpaired) electrons. The van der Waals surface area contributed by atoms with Crippen LogP contribution in [0.5, 0.6) is 0 Å². The number of benzene rings is 1.